The summed E-state index contributed by atoms with van der Waals surface area (Å²) in [6, 6.07) is 18.0. The molecule has 0 amide bonds. The Bertz CT molecular complexity index is 574. The lowest BCUT2D eigenvalue weighted by molar-refractivity contribution is 0.165. The van der Waals surface area contributed by atoms with E-state index in [4.69, 9.17) is 5.53 Å². The van der Waals surface area contributed by atoms with Crippen molar-refractivity contribution in [3.8, 4) is 11.1 Å². The Balaban J connectivity index is 1.99. The summed E-state index contributed by atoms with van der Waals surface area (Å²) in [5.74, 6) is 0. The van der Waals surface area contributed by atoms with Crippen LogP contribution in [-0.2, 0) is 0 Å². The third-order valence-corrected chi connectivity index (χ3v) is 3.20. The van der Waals surface area contributed by atoms with Crippen LogP contribution in [0.3, 0.4) is 0 Å². The minimum absolute atomic E-state index is 0.426. The standard InChI is InChI=1S/C16H17N3O/c17-19-18-12-4-7-16(20)15-10-8-14(9-11-15)13-5-2-1-3-6-13/h1-3,5-6,8-11,16,20H,4,7,12H2. The molecule has 2 rings (SSSR count). The van der Waals surface area contributed by atoms with Gasteiger partial charge in [-0.25, -0.2) is 0 Å². The molecular weight excluding hydrogens is 250 g/mol. The van der Waals surface area contributed by atoms with E-state index in [0.29, 0.717) is 19.4 Å². The number of aliphatic hydroxyl groups excluding tert-OH is 1. The van der Waals surface area contributed by atoms with Gasteiger partial charge in [0.2, 0.25) is 0 Å². The SMILES string of the molecule is [N-]=[N+]=NCCCC(O)c1ccc(-c2ccccc2)cc1. The van der Waals surface area contributed by atoms with Gasteiger partial charge in [0.1, 0.15) is 0 Å². The zero-order valence-electron chi connectivity index (χ0n) is 11.2. The molecule has 1 N–H and O–H groups in total. The van der Waals surface area contributed by atoms with Crippen molar-refractivity contribution in [1.29, 1.82) is 0 Å². The van der Waals surface area contributed by atoms with Crippen LogP contribution in [0.2, 0.25) is 0 Å². The molecule has 102 valence electrons. The topological polar surface area (TPSA) is 69.0 Å². The second kappa shape index (κ2) is 7.34. The molecule has 0 spiro atoms. The normalized spacial score (nSPS) is 11.7. The summed E-state index contributed by atoms with van der Waals surface area (Å²) >= 11 is 0. The first-order valence-corrected chi connectivity index (χ1v) is 6.65. The summed E-state index contributed by atoms with van der Waals surface area (Å²) in [6.07, 6.45) is 0.781. The quantitative estimate of drug-likeness (QED) is 0.356. The maximum atomic E-state index is 10.0. The van der Waals surface area contributed by atoms with E-state index in [0.717, 1.165) is 16.7 Å². The molecule has 1 atom stereocenters. The van der Waals surface area contributed by atoms with Crippen molar-refractivity contribution in [3.05, 3.63) is 70.6 Å². The van der Waals surface area contributed by atoms with Gasteiger partial charge in [0.15, 0.2) is 0 Å². The summed E-state index contributed by atoms with van der Waals surface area (Å²) in [5.41, 5.74) is 11.4. The van der Waals surface area contributed by atoms with Crippen molar-refractivity contribution in [2.24, 2.45) is 5.11 Å². The van der Waals surface area contributed by atoms with Gasteiger partial charge in [0.05, 0.1) is 6.10 Å². The number of benzene rings is 2. The molecule has 0 heterocycles. The van der Waals surface area contributed by atoms with Crippen LogP contribution in [0.5, 0.6) is 0 Å². The van der Waals surface area contributed by atoms with E-state index in [1.807, 2.05) is 42.5 Å². The molecule has 20 heavy (non-hydrogen) atoms. The van der Waals surface area contributed by atoms with Crippen molar-refractivity contribution in [2.75, 3.05) is 6.54 Å². The van der Waals surface area contributed by atoms with E-state index in [1.54, 1.807) is 0 Å². The molecule has 0 fully saturated rings. The molecule has 0 aliphatic heterocycles. The van der Waals surface area contributed by atoms with Crippen LogP contribution in [-0.4, -0.2) is 11.7 Å². The van der Waals surface area contributed by atoms with Crippen LogP contribution in [0.25, 0.3) is 21.6 Å². The molecule has 0 bridgehead atoms. The van der Waals surface area contributed by atoms with Gasteiger partial charge < -0.3 is 5.11 Å². The predicted octanol–water partition coefficient (Wildman–Crippen LogP) is 4.48. The van der Waals surface area contributed by atoms with E-state index in [-0.39, 0.29) is 0 Å². The average Bonchev–Trinajstić information content (AvgIpc) is 2.52. The monoisotopic (exact) mass is 267 g/mol. The number of aliphatic hydroxyl groups is 1. The van der Waals surface area contributed by atoms with Crippen LogP contribution in [0.4, 0.5) is 0 Å². The number of azide groups is 1. The first kappa shape index (κ1) is 14.1. The molecular formula is C16H17N3O. The number of rotatable bonds is 6. The Hall–Kier alpha value is -2.29. The fourth-order valence-electron chi connectivity index (χ4n) is 2.10. The highest BCUT2D eigenvalue weighted by molar-refractivity contribution is 5.63. The first-order chi connectivity index (χ1) is 9.81. The Morgan fingerprint density at radius 2 is 1.65 bits per heavy atom. The van der Waals surface area contributed by atoms with Crippen LogP contribution in [0.15, 0.2) is 59.7 Å². The van der Waals surface area contributed by atoms with E-state index in [2.05, 4.69) is 22.2 Å². The summed E-state index contributed by atoms with van der Waals surface area (Å²) in [5, 5.41) is 13.5. The van der Waals surface area contributed by atoms with Crippen LogP contribution in [0.1, 0.15) is 24.5 Å². The lowest BCUT2D eigenvalue weighted by Crippen LogP contribution is -1.98. The first-order valence-electron chi connectivity index (χ1n) is 6.65. The van der Waals surface area contributed by atoms with Gasteiger partial charge in [-0.3, -0.25) is 0 Å². The van der Waals surface area contributed by atoms with Crippen LogP contribution in [0, 0.1) is 0 Å². The minimum Gasteiger partial charge on any atom is -0.388 e. The molecule has 0 aromatic heterocycles. The largest absolute Gasteiger partial charge is 0.388 e. The van der Waals surface area contributed by atoms with Gasteiger partial charge in [0.25, 0.3) is 0 Å². The van der Waals surface area contributed by atoms with Crippen molar-refractivity contribution >= 4 is 0 Å². The molecule has 0 radical (unpaired) electrons. The van der Waals surface area contributed by atoms with Gasteiger partial charge in [-0.1, -0.05) is 59.7 Å². The number of hydrogen-bond donors (Lipinski definition) is 1. The van der Waals surface area contributed by atoms with Crippen molar-refractivity contribution < 1.29 is 5.11 Å². The highest BCUT2D eigenvalue weighted by Gasteiger charge is 2.07. The highest BCUT2D eigenvalue weighted by Crippen LogP contribution is 2.23. The van der Waals surface area contributed by atoms with Gasteiger partial charge in [0, 0.05) is 11.5 Å². The van der Waals surface area contributed by atoms with E-state index in [9.17, 15) is 5.11 Å². The summed E-state index contributed by atoms with van der Waals surface area (Å²) in [7, 11) is 0. The molecule has 2 aromatic carbocycles. The van der Waals surface area contributed by atoms with Crippen molar-refractivity contribution in [2.45, 2.75) is 18.9 Å². The maximum Gasteiger partial charge on any atom is 0.0790 e. The molecule has 1 unspecified atom stereocenters. The Kier molecular flexibility index (Phi) is 5.18. The smallest absolute Gasteiger partial charge is 0.0790 e. The number of nitrogens with zero attached hydrogens (tertiary/aromatic N) is 3. The third kappa shape index (κ3) is 3.85. The van der Waals surface area contributed by atoms with Gasteiger partial charge in [-0.05, 0) is 35.1 Å². The average molecular weight is 267 g/mol. The lowest BCUT2D eigenvalue weighted by atomic mass is 10.00. The van der Waals surface area contributed by atoms with E-state index < -0.39 is 6.10 Å². The van der Waals surface area contributed by atoms with Crippen molar-refractivity contribution in [3.63, 3.8) is 0 Å². The molecule has 0 aliphatic rings. The van der Waals surface area contributed by atoms with Gasteiger partial charge in [-0.2, -0.15) is 0 Å². The summed E-state index contributed by atoms with van der Waals surface area (Å²) in [4.78, 5) is 2.69. The summed E-state index contributed by atoms with van der Waals surface area (Å²) in [6.45, 7) is 0.426. The zero-order chi connectivity index (χ0) is 14.2. The van der Waals surface area contributed by atoms with E-state index in [1.165, 1.54) is 0 Å². The zero-order valence-corrected chi connectivity index (χ0v) is 11.2. The van der Waals surface area contributed by atoms with Crippen molar-refractivity contribution in [1.82, 2.24) is 0 Å². The van der Waals surface area contributed by atoms with Crippen LogP contribution >= 0.6 is 0 Å². The third-order valence-electron chi connectivity index (χ3n) is 3.20. The maximum absolute atomic E-state index is 10.0. The lowest BCUT2D eigenvalue weighted by Gasteiger charge is -2.11. The van der Waals surface area contributed by atoms with E-state index >= 15 is 0 Å². The Morgan fingerprint density at radius 3 is 2.30 bits per heavy atom. The molecule has 0 saturated carbocycles. The second-order valence-electron chi connectivity index (χ2n) is 4.60. The van der Waals surface area contributed by atoms with Gasteiger partial charge in [-0.15, -0.1) is 0 Å². The fourth-order valence-corrected chi connectivity index (χ4v) is 2.10. The minimum atomic E-state index is -0.506. The summed E-state index contributed by atoms with van der Waals surface area (Å²) < 4.78 is 0. The Labute approximate surface area is 118 Å². The molecule has 0 aliphatic carbocycles. The number of hydrogen-bond acceptors (Lipinski definition) is 2. The molecule has 0 saturated heterocycles. The second-order valence-corrected chi connectivity index (χ2v) is 4.60. The highest BCUT2D eigenvalue weighted by atomic mass is 16.3. The van der Waals surface area contributed by atoms with Crippen LogP contribution < -0.4 is 0 Å². The Morgan fingerprint density at radius 1 is 1.00 bits per heavy atom. The molecule has 4 nitrogen and oxygen atoms in total. The predicted molar refractivity (Wildman–Crippen MR) is 80.1 cm³/mol. The van der Waals surface area contributed by atoms with Gasteiger partial charge >= 0.3 is 0 Å². The fraction of sp³-hybridized carbons (Fsp3) is 0.250. The molecule has 2 aromatic rings. The molecule has 4 heteroatoms.